The van der Waals surface area contributed by atoms with Crippen molar-refractivity contribution in [2.75, 3.05) is 19.6 Å². The molecule has 0 aliphatic carbocycles. The number of benzene rings is 1. The first-order valence-corrected chi connectivity index (χ1v) is 9.74. The SMILES string of the molecule is Cn1nc(Cc2ccccc2)n(C2CCN(CCC(C)(C)C)CC2)c1=O. The molecule has 1 aromatic heterocycles. The van der Waals surface area contributed by atoms with Gasteiger partial charge in [0.15, 0.2) is 0 Å². The number of aromatic nitrogens is 3. The molecule has 0 amide bonds. The smallest absolute Gasteiger partial charge is 0.303 e. The van der Waals surface area contributed by atoms with Crippen molar-refractivity contribution < 1.29 is 0 Å². The van der Waals surface area contributed by atoms with E-state index in [-0.39, 0.29) is 11.7 Å². The van der Waals surface area contributed by atoms with Gasteiger partial charge in [0, 0.05) is 32.6 Å². The van der Waals surface area contributed by atoms with E-state index in [1.54, 1.807) is 7.05 Å². The molecule has 0 spiro atoms. The third-order valence-corrected chi connectivity index (χ3v) is 5.33. The molecule has 142 valence electrons. The maximum absolute atomic E-state index is 12.7. The molecule has 5 heteroatoms. The van der Waals surface area contributed by atoms with E-state index < -0.39 is 0 Å². The second-order valence-electron chi connectivity index (χ2n) is 8.74. The topological polar surface area (TPSA) is 43.1 Å². The lowest BCUT2D eigenvalue weighted by Gasteiger charge is -2.34. The summed E-state index contributed by atoms with van der Waals surface area (Å²) in [5.74, 6) is 0.886. The fourth-order valence-electron chi connectivity index (χ4n) is 3.69. The summed E-state index contributed by atoms with van der Waals surface area (Å²) in [5.41, 5.74) is 1.59. The number of nitrogens with zero attached hydrogens (tertiary/aromatic N) is 4. The monoisotopic (exact) mass is 356 g/mol. The number of aryl methyl sites for hydroxylation is 1. The zero-order valence-electron chi connectivity index (χ0n) is 16.6. The largest absolute Gasteiger partial charge is 0.345 e. The molecule has 1 saturated heterocycles. The minimum absolute atomic E-state index is 0.0177. The summed E-state index contributed by atoms with van der Waals surface area (Å²) >= 11 is 0. The number of rotatable bonds is 5. The normalized spacial score (nSPS) is 16.9. The second kappa shape index (κ2) is 7.78. The Morgan fingerprint density at radius 3 is 2.38 bits per heavy atom. The third kappa shape index (κ3) is 4.64. The first-order chi connectivity index (χ1) is 12.3. The van der Waals surface area contributed by atoms with Crippen molar-refractivity contribution in [1.82, 2.24) is 19.2 Å². The van der Waals surface area contributed by atoms with E-state index >= 15 is 0 Å². The Labute approximate surface area is 156 Å². The Balaban J connectivity index is 1.69. The number of piperidine rings is 1. The van der Waals surface area contributed by atoms with Crippen LogP contribution in [0, 0.1) is 5.41 Å². The minimum Gasteiger partial charge on any atom is -0.303 e. The summed E-state index contributed by atoms with van der Waals surface area (Å²) in [6, 6.07) is 10.5. The van der Waals surface area contributed by atoms with E-state index in [1.165, 1.54) is 16.7 Å². The molecule has 0 unspecified atom stereocenters. The van der Waals surface area contributed by atoms with Crippen LogP contribution in [0.3, 0.4) is 0 Å². The highest BCUT2D eigenvalue weighted by Gasteiger charge is 2.26. The Morgan fingerprint density at radius 2 is 1.77 bits per heavy atom. The molecule has 1 fully saturated rings. The Kier molecular flexibility index (Phi) is 5.66. The van der Waals surface area contributed by atoms with Crippen LogP contribution in [-0.4, -0.2) is 38.9 Å². The molecule has 2 heterocycles. The van der Waals surface area contributed by atoms with Crippen LogP contribution in [0.1, 0.15) is 57.5 Å². The van der Waals surface area contributed by atoms with Crippen molar-refractivity contribution in [3.8, 4) is 0 Å². The van der Waals surface area contributed by atoms with Gasteiger partial charge in [-0.15, -0.1) is 0 Å². The van der Waals surface area contributed by atoms with Crippen LogP contribution in [0.2, 0.25) is 0 Å². The van der Waals surface area contributed by atoms with Crippen LogP contribution in [0.5, 0.6) is 0 Å². The van der Waals surface area contributed by atoms with E-state index in [9.17, 15) is 4.79 Å². The van der Waals surface area contributed by atoms with Gasteiger partial charge in [0.05, 0.1) is 0 Å². The highest BCUT2D eigenvalue weighted by Crippen LogP contribution is 2.25. The predicted octanol–water partition coefficient (Wildman–Crippen LogP) is 3.25. The molecule has 5 nitrogen and oxygen atoms in total. The van der Waals surface area contributed by atoms with Crippen LogP contribution < -0.4 is 5.69 Å². The number of likely N-dealkylation sites (tertiary alicyclic amines) is 1. The molecule has 0 N–H and O–H groups in total. The molecular weight excluding hydrogens is 324 g/mol. The summed E-state index contributed by atoms with van der Waals surface area (Å²) in [5, 5.41) is 4.52. The maximum atomic E-state index is 12.7. The summed E-state index contributed by atoms with van der Waals surface area (Å²) < 4.78 is 3.44. The molecule has 0 atom stereocenters. The average Bonchev–Trinajstić information content (AvgIpc) is 2.88. The van der Waals surface area contributed by atoms with Crippen LogP contribution in [0.25, 0.3) is 0 Å². The van der Waals surface area contributed by atoms with Crippen molar-refractivity contribution in [2.24, 2.45) is 12.5 Å². The average molecular weight is 357 g/mol. The highest BCUT2D eigenvalue weighted by molar-refractivity contribution is 5.19. The Morgan fingerprint density at radius 1 is 1.12 bits per heavy atom. The van der Waals surface area contributed by atoms with Gasteiger partial charge in [-0.25, -0.2) is 9.48 Å². The Bertz CT molecular complexity index is 762. The van der Waals surface area contributed by atoms with Crippen molar-refractivity contribution in [3.05, 3.63) is 52.2 Å². The van der Waals surface area contributed by atoms with Crippen LogP contribution in [0.15, 0.2) is 35.1 Å². The second-order valence-corrected chi connectivity index (χ2v) is 8.74. The Hall–Kier alpha value is -1.88. The predicted molar refractivity (Wildman–Crippen MR) is 105 cm³/mol. The first-order valence-electron chi connectivity index (χ1n) is 9.74. The molecule has 26 heavy (non-hydrogen) atoms. The van der Waals surface area contributed by atoms with Crippen LogP contribution in [-0.2, 0) is 13.5 Å². The molecule has 0 bridgehead atoms. The van der Waals surface area contributed by atoms with Crippen LogP contribution >= 0.6 is 0 Å². The van der Waals surface area contributed by atoms with Gasteiger partial charge in [0.1, 0.15) is 5.82 Å². The van der Waals surface area contributed by atoms with E-state index in [4.69, 9.17) is 0 Å². The lowest BCUT2D eigenvalue weighted by molar-refractivity contribution is 0.163. The first kappa shape index (κ1) is 18.9. The van der Waals surface area contributed by atoms with E-state index in [2.05, 4.69) is 42.9 Å². The molecule has 0 radical (unpaired) electrons. The van der Waals surface area contributed by atoms with Gasteiger partial charge in [-0.3, -0.25) is 4.57 Å². The lowest BCUT2D eigenvalue weighted by atomic mass is 9.91. The fraction of sp³-hybridized carbons (Fsp3) is 0.619. The molecule has 1 aliphatic rings. The molecule has 0 saturated carbocycles. The summed E-state index contributed by atoms with van der Waals surface area (Å²) in [4.78, 5) is 15.2. The number of hydrogen-bond acceptors (Lipinski definition) is 3. The fourth-order valence-corrected chi connectivity index (χ4v) is 3.69. The van der Waals surface area contributed by atoms with Crippen molar-refractivity contribution in [2.45, 2.75) is 52.5 Å². The molecular formula is C21H32N4O. The molecule has 1 aromatic carbocycles. The molecule has 2 aromatic rings. The van der Waals surface area contributed by atoms with E-state index in [0.717, 1.165) is 38.3 Å². The molecule has 3 rings (SSSR count). The number of hydrogen-bond donors (Lipinski definition) is 0. The standard InChI is InChI=1S/C21H32N4O/c1-21(2,3)12-15-24-13-10-18(11-14-24)25-19(22-23(4)20(25)26)16-17-8-6-5-7-9-17/h5-9,18H,10-16H2,1-4H3. The van der Waals surface area contributed by atoms with Gasteiger partial charge in [0.25, 0.3) is 0 Å². The lowest BCUT2D eigenvalue weighted by Crippen LogP contribution is -2.39. The zero-order valence-corrected chi connectivity index (χ0v) is 16.6. The van der Waals surface area contributed by atoms with Crippen molar-refractivity contribution >= 4 is 0 Å². The van der Waals surface area contributed by atoms with Crippen molar-refractivity contribution in [3.63, 3.8) is 0 Å². The van der Waals surface area contributed by atoms with Gasteiger partial charge >= 0.3 is 5.69 Å². The zero-order chi connectivity index (χ0) is 18.7. The van der Waals surface area contributed by atoms with Gasteiger partial charge in [0.2, 0.25) is 0 Å². The van der Waals surface area contributed by atoms with Gasteiger partial charge in [-0.1, -0.05) is 51.1 Å². The van der Waals surface area contributed by atoms with Gasteiger partial charge in [-0.2, -0.15) is 5.10 Å². The minimum atomic E-state index is 0.0177. The van der Waals surface area contributed by atoms with E-state index in [0.29, 0.717) is 11.8 Å². The van der Waals surface area contributed by atoms with E-state index in [1.807, 2.05) is 22.8 Å². The molecule has 1 aliphatic heterocycles. The summed E-state index contributed by atoms with van der Waals surface area (Å²) in [6.45, 7) is 10.2. The highest BCUT2D eigenvalue weighted by atomic mass is 16.2. The van der Waals surface area contributed by atoms with Gasteiger partial charge < -0.3 is 4.90 Å². The van der Waals surface area contributed by atoms with Gasteiger partial charge in [-0.05, 0) is 36.8 Å². The van der Waals surface area contributed by atoms with Crippen molar-refractivity contribution in [1.29, 1.82) is 0 Å². The summed E-state index contributed by atoms with van der Waals surface area (Å²) in [7, 11) is 1.76. The third-order valence-electron chi connectivity index (χ3n) is 5.33. The van der Waals surface area contributed by atoms with Crippen LogP contribution in [0.4, 0.5) is 0 Å². The summed E-state index contributed by atoms with van der Waals surface area (Å²) in [6.07, 6.45) is 3.97. The quantitative estimate of drug-likeness (QED) is 0.826. The maximum Gasteiger partial charge on any atom is 0.345 e.